The van der Waals surface area contributed by atoms with Crippen LogP contribution in [0.5, 0.6) is 0 Å². The van der Waals surface area contributed by atoms with E-state index < -0.39 is 0 Å². The number of nitrogens with zero attached hydrogens (tertiary/aromatic N) is 4. The molecule has 1 aromatic rings. The van der Waals surface area contributed by atoms with Crippen molar-refractivity contribution in [3.63, 3.8) is 0 Å². The van der Waals surface area contributed by atoms with Crippen LogP contribution < -0.4 is 10.6 Å². The van der Waals surface area contributed by atoms with Crippen molar-refractivity contribution in [1.29, 1.82) is 0 Å². The lowest BCUT2D eigenvalue weighted by Crippen LogP contribution is -2.38. The largest absolute Gasteiger partial charge is 0.379 e. The zero-order valence-electron chi connectivity index (χ0n) is 17.7. The summed E-state index contributed by atoms with van der Waals surface area (Å²) in [6.45, 7) is 6.74. The number of hydrogen-bond donors (Lipinski definition) is 2. The zero-order chi connectivity index (χ0) is 19.5. The Morgan fingerprint density at radius 1 is 1.46 bits per heavy atom. The van der Waals surface area contributed by atoms with Crippen molar-refractivity contribution in [2.24, 2.45) is 12.0 Å². The molecule has 1 aromatic heterocycles. The van der Waals surface area contributed by atoms with Crippen molar-refractivity contribution < 1.29 is 9.47 Å². The first kappa shape index (κ1) is 25.1. The van der Waals surface area contributed by atoms with Gasteiger partial charge in [-0.15, -0.1) is 24.0 Å². The highest BCUT2D eigenvalue weighted by Crippen LogP contribution is 2.17. The molecule has 0 radical (unpaired) electrons. The first-order chi connectivity index (χ1) is 13.1. The molecule has 0 aromatic carbocycles. The van der Waals surface area contributed by atoms with Gasteiger partial charge in [0.25, 0.3) is 0 Å². The van der Waals surface area contributed by atoms with E-state index >= 15 is 0 Å². The van der Waals surface area contributed by atoms with Gasteiger partial charge >= 0.3 is 0 Å². The molecule has 1 aliphatic heterocycles. The molecule has 2 N–H and O–H groups in total. The molecule has 0 aliphatic carbocycles. The van der Waals surface area contributed by atoms with Crippen LogP contribution in [-0.4, -0.2) is 80.3 Å². The molecule has 1 fully saturated rings. The summed E-state index contributed by atoms with van der Waals surface area (Å²) in [6, 6.07) is 0.198. The van der Waals surface area contributed by atoms with E-state index in [1.54, 1.807) is 0 Å². The van der Waals surface area contributed by atoms with Gasteiger partial charge in [-0.1, -0.05) is 0 Å². The average Bonchev–Trinajstić information content (AvgIpc) is 3.29. The highest BCUT2D eigenvalue weighted by atomic mass is 127. The summed E-state index contributed by atoms with van der Waals surface area (Å²) in [6.07, 6.45) is 7.48. The fourth-order valence-corrected chi connectivity index (χ4v) is 3.07. The van der Waals surface area contributed by atoms with E-state index in [0.29, 0.717) is 19.3 Å². The molecule has 8 nitrogen and oxygen atoms in total. The number of rotatable bonds is 11. The van der Waals surface area contributed by atoms with Crippen LogP contribution >= 0.6 is 24.0 Å². The van der Waals surface area contributed by atoms with Gasteiger partial charge in [0.15, 0.2) is 5.96 Å². The van der Waals surface area contributed by atoms with Gasteiger partial charge in [0, 0.05) is 45.1 Å². The van der Waals surface area contributed by atoms with Gasteiger partial charge in [-0.2, -0.15) is 5.10 Å². The summed E-state index contributed by atoms with van der Waals surface area (Å²) >= 11 is 0. The summed E-state index contributed by atoms with van der Waals surface area (Å²) in [4.78, 5) is 6.93. The predicted octanol–water partition coefficient (Wildman–Crippen LogP) is 1.78. The third-order valence-corrected chi connectivity index (χ3v) is 4.59. The second kappa shape index (κ2) is 14.1. The van der Waals surface area contributed by atoms with Crippen LogP contribution in [0.3, 0.4) is 0 Å². The SMILES string of the molecule is CCNC(=NCC(c1cnn(C)c1)N(C)C)NCCCOCC1CCCO1.I. The van der Waals surface area contributed by atoms with Crippen molar-refractivity contribution in [2.45, 2.75) is 38.3 Å². The Bertz CT molecular complexity index is 560. The molecule has 1 aliphatic rings. The van der Waals surface area contributed by atoms with Crippen molar-refractivity contribution in [2.75, 3.05) is 53.6 Å². The minimum absolute atomic E-state index is 0. The highest BCUT2D eigenvalue weighted by Gasteiger charge is 2.16. The summed E-state index contributed by atoms with van der Waals surface area (Å²) in [5.41, 5.74) is 1.17. The molecule has 28 heavy (non-hydrogen) atoms. The minimum Gasteiger partial charge on any atom is -0.379 e. The second-order valence-corrected chi connectivity index (χ2v) is 7.14. The van der Waals surface area contributed by atoms with E-state index in [9.17, 15) is 0 Å². The van der Waals surface area contributed by atoms with Crippen LogP contribution in [-0.2, 0) is 16.5 Å². The Morgan fingerprint density at radius 3 is 2.89 bits per heavy atom. The van der Waals surface area contributed by atoms with Gasteiger partial charge in [0.05, 0.1) is 31.5 Å². The van der Waals surface area contributed by atoms with Crippen molar-refractivity contribution in [1.82, 2.24) is 25.3 Å². The smallest absolute Gasteiger partial charge is 0.191 e. The number of ether oxygens (including phenoxy) is 2. The number of aromatic nitrogens is 2. The van der Waals surface area contributed by atoms with E-state index in [1.807, 2.05) is 24.1 Å². The number of aryl methyl sites for hydroxylation is 1. The number of hydrogen-bond acceptors (Lipinski definition) is 5. The summed E-state index contributed by atoms with van der Waals surface area (Å²) in [7, 11) is 6.07. The lowest BCUT2D eigenvalue weighted by molar-refractivity contribution is 0.0168. The third-order valence-electron chi connectivity index (χ3n) is 4.59. The molecule has 0 bridgehead atoms. The third kappa shape index (κ3) is 9.06. The Morgan fingerprint density at radius 2 is 2.29 bits per heavy atom. The Kier molecular flexibility index (Phi) is 12.7. The molecule has 0 spiro atoms. The number of likely N-dealkylation sites (N-methyl/N-ethyl adjacent to an activating group) is 1. The van der Waals surface area contributed by atoms with E-state index in [2.05, 4.69) is 41.7 Å². The van der Waals surface area contributed by atoms with Crippen molar-refractivity contribution in [3.8, 4) is 0 Å². The maximum atomic E-state index is 5.71. The van der Waals surface area contributed by atoms with Crippen molar-refractivity contribution in [3.05, 3.63) is 18.0 Å². The molecule has 2 rings (SSSR count). The van der Waals surface area contributed by atoms with E-state index in [0.717, 1.165) is 51.5 Å². The topological polar surface area (TPSA) is 75.9 Å². The second-order valence-electron chi connectivity index (χ2n) is 7.14. The lowest BCUT2D eigenvalue weighted by Gasteiger charge is -2.22. The molecular weight excluding hydrogens is 471 g/mol. The maximum absolute atomic E-state index is 5.71. The van der Waals surface area contributed by atoms with Gasteiger partial charge in [-0.3, -0.25) is 9.67 Å². The summed E-state index contributed by atoms with van der Waals surface area (Å²) in [5.74, 6) is 0.840. The van der Waals surface area contributed by atoms with Gasteiger partial charge < -0.3 is 25.0 Å². The maximum Gasteiger partial charge on any atom is 0.191 e. The van der Waals surface area contributed by atoms with Crippen LogP contribution in [0.25, 0.3) is 0 Å². The van der Waals surface area contributed by atoms with Crippen LogP contribution in [0.4, 0.5) is 0 Å². The first-order valence-electron chi connectivity index (χ1n) is 9.96. The number of aliphatic imine (C=N–C) groups is 1. The molecule has 0 amide bonds. The molecule has 1 saturated heterocycles. The van der Waals surface area contributed by atoms with E-state index in [-0.39, 0.29) is 30.0 Å². The standard InChI is InChI=1S/C19H36N6O2.HI/c1-5-20-19(21-9-7-10-26-15-17-8-6-11-27-17)22-13-18(24(2)3)16-12-23-25(4)14-16;/h12,14,17-18H,5-11,13,15H2,1-4H3,(H2,20,21,22);1H. The predicted molar refractivity (Wildman–Crippen MR) is 123 cm³/mol. The van der Waals surface area contributed by atoms with Gasteiger partial charge in [0.1, 0.15) is 0 Å². The van der Waals surface area contributed by atoms with Crippen LogP contribution in [0.1, 0.15) is 37.8 Å². The lowest BCUT2D eigenvalue weighted by atomic mass is 10.1. The van der Waals surface area contributed by atoms with Crippen LogP contribution in [0.2, 0.25) is 0 Å². The molecule has 9 heteroatoms. The molecule has 2 unspecified atom stereocenters. The number of nitrogens with one attached hydrogen (secondary N) is 2. The molecule has 2 atom stereocenters. The average molecular weight is 508 g/mol. The van der Waals surface area contributed by atoms with Crippen LogP contribution in [0, 0.1) is 0 Å². The number of halogens is 1. The fourth-order valence-electron chi connectivity index (χ4n) is 3.07. The minimum atomic E-state index is 0. The van der Waals surface area contributed by atoms with Crippen molar-refractivity contribution >= 4 is 29.9 Å². The quantitative estimate of drug-likeness (QED) is 0.206. The fraction of sp³-hybridized carbons (Fsp3) is 0.789. The summed E-state index contributed by atoms with van der Waals surface area (Å²) in [5, 5.41) is 11.0. The van der Waals surface area contributed by atoms with Gasteiger partial charge in [-0.05, 0) is 40.3 Å². The normalized spacial score (nSPS) is 18.2. The first-order valence-corrected chi connectivity index (χ1v) is 9.96. The summed E-state index contributed by atoms with van der Waals surface area (Å²) < 4.78 is 13.1. The molecule has 2 heterocycles. The monoisotopic (exact) mass is 508 g/mol. The Balaban J connectivity index is 0.00000392. The Labute approximate surface area is 186 Å². The zero-order valence-corrected chi connectivity index (χ0v) is 20.0. The molecule has 0 saturated carbocycles. The van der Waals surface area contributed by atoms with E-state index in [4.69, 9.17) is 14.5 Å². The molecule has 162 valence electrons. The molecular formula is C19H37IN6O2. The van der Waals surface area contributed by atoms with Gasteiger partial charge in [-0.25, -0.2) is 0 Å². The van der Waals surface area contributed by atoms with Gasteiger partial charge in [0.2, 0.25) is 0 Å². The Hall–Kier alpha value is -0.910. The van der Waals surface area contributed by atoms with E-state index in [1.165, 1.54) is 5.56 Å². The van der Waals surface area contributed by atoms with Crippen LogP contribution in [0.15, 0.2) is 17.4 Å². The highest BCUT2D eigenvalue weighted by molar-refractivity contribution is 14.0. The number of guanidine groups is 1.